The minimum Gasteiger partial charge on any atom is -0.486 e. The maximum Gasteiger partial charge on any atom is 0.224 e. The largest absolute Gasteiger partial charge is 0.486 e. The number of hydrogen-bond donors (Lipinski definition) is 1. The second kappa shape index (κ2) is 8.23. The van der Waals surface area contributed by atoms with Crippen molar-refractivity contribution in [3.05, 3.63) is 59.2 Å². The van der Waals surface area contributed by atoms with E-state index in [9.17, 15) is 4.79 Å². The Hall–Kier alpha value is -2.53. The molecule has 1 aliphatic rings. The summed E-state index contributed by atoms with van der Waals surface area (Å²) in [7, 11) is 4.05. The predicted molar refractivity (Wildman–Crippen MR) is 102 cm³/mol. The first-order chi connectivity index (χ1) is 12.5. The zero-order valence-electron chi connectivity index (χ0n) is 15.6. The quantitative estimate of drug-likeness (QED) is 0.867. The van der Waals surface area contributed by atoms with Crippen molar-refractivity contribution in [2.75, 3.05) is 33.9 Å². The van der Waals surface area contributed by atoms with Crippen molar-refractivity contribution >= 4 is 5.91 Å². The van der Waals surface area contributed by atoms with E-state index in [0.29, 0.717) is 31.9 Å². The number of fused-ring (bicyclic) bond motifs is 1. The van der Waals surface area contributed by atoms with Crippen molar-refractivity contribution in [3.8, 4) is 11.5 Å². The number of carbonyl (C=O) groups is 1. The zero-order chi connectivity index (χ0) is 18.5. The highest BCUT2D eigenvalue weighted by Crippen LogP contribution is 2.30. The molecule has 0 bridgehead atoms. The third-order valence-electron chi connectivity index (χ3n) is 4.55. The van der Waals surface area contributed by atoms with Crippen molar-refractivity contribution in [1.29, 1.82) is 0 Å². The predicted octanol–water partition coefficient (Wildman–Crippen LogP) is 2.73. The number of amides is 1. The van der Waals surface area contributed by atoms with Gasteiger partial charge in [-0.2, -0.15) is 0 Å². The van der Waals surface area contributed by atoms with Gasteiger partial charge in [0, 0.05) is 6.54 Å². The summed E-state index contributed by atoms with van der Waals surface area (Å²) in [5.41, 5.74) is 3.35. The molecule has 5 nitrogen and oxygen atoms in total. The molecular weight excluding hydrogens is 328 g/mol. The summed E-state index contributed by atoms with van der Waals surface area (Å²) >= 11 is 0. The van der Waals surface area contributed by atoms with Crippen LogP contribution in [0.1, 0.15) is 22.7 Å². The number of nitrogens with zero attached hydrogens (tertiary/aromatic N) is 1. The highest BCUT2D eigenvalue weighted by atomic mass is 16.6. The number of benzene rings is 2. The molecule has 2 aromatic rings. The highest BCUT2D eigenvalue weighted by molar-refractivity contribution is 5.78. The minimum absolute atomic E-state index is 0.000592. The van der Waals surface area contributed by atoms with Gasteiger partial charge in [-0.05, 0) is 44.3 Å². The molecule has 0 radical (unpaired) electrons. The van der Waals surface area contributed by atoms with Crippen LogP contribution in [0.2, 0.25) is 0 Å². The standard InChI is InChI=1S/C21H26N2O3/c1-15-4-7-17(8-5-15)18(23(2)3)14-22-21(24)13-16-6-9-19-20(12-16)26-11-10-25-19/h4-9,12,18H,10-11,13-14H2,1-3H3,(H,22,24). The number of likely N-dealkylation sites (N-methyl/N-ethyl adjacent to an activating group) is 1. The van der Waals surface area contributed by atoms with E-state index in [0.717, 1.165) is 11.3 Å². The lowest BCUT2D eigenvalue weighted by Crippen LogP contribution is -2.35. The summed E-state index contributed by atoms with van der Waals surface area (Å²) in [6.07, 6.45) is 0.324. The van der Waals surface area contributed by atoms with Crippen LogP contribution in [0.5, 0.6) is 11.5 Å². The van der Waals surface area contributed by atoms with Crippen LogP contribution in [0.4, 0.5) is 0 Å². The van der Waals surface area contributed by atoms with Gasteiger partial charge in [-0.1, -0.05) is 35.9 Å². The Balaban J connectivity index is 1.59. The van der Waals surface area contributed by atoms with Gasteiger partial charge in [-0.15, -0.1) is 0 Å². The van der Waals surface area contributed by atoms with E-state index in [-0.39, 0.29) is 11.9 Å². The second-order valence-electron chi connectivity index (χ2n) is 6.85. The van der Waals surface area contributed by atoms with Crippen molar-refractivity contribution < 1.29 is 14.3 Å². The molecule has 0 aliphatic carbocycles. The van der Waals surface area contributed by atoms with Gasteiger partial charge in [0.05, 0.1) is 12.5 Å². The van der Waals surface area contributed by atoms with E-state index < -0.39 is 0 Å². The van der Waals surface area contributed by atoms with E-state index in [1.807, 2.05) is 32.3 Å². The molecule has 0 saturated carbocycles. The maximum absolute atomic E-state index is 12.4. The molecule has 3 rings (SSSR count). The van der Waals surface area contributed by atoms with E-state index in [4.69, 9.17) is 9.47 Å². The Bertz CT molecular complexity index is 756. The smallest absolute Gasteiger partial charge is 0.224 e. The molecule has 0 spiro atoms. The van der Waals surface area contributed by atoms with Crippen LogP contribution in [0.3, 0.4) is 0 Å². The van der Waals surface area contributed by atoms with Crippen molar-refractivity contribution in [3.63, 3.8) is 0 Å². The summed E-state index contributed by atoms with van der Waals surface area (Å²) in [6, 6.07) is 14.2. The number of rotatable bonds is 6. The molecule has 1 aliphatic heterocycles. The van der Waals surface area contributed by atoms with Gasteiger partial charge in [0.2, 0.25) is 5.91 Å². The van der Waals surface area contributed by atoms with Gasteiger partial charge in [0.1, 0.15) is 13.2 Å². The first kappa shape index (κ1) is 18.3. The second-order valence-corrected chi connectivity index (χ2v) is 6.85. The van der Waals surface area contributed by atoms with Gasteiger partial charge in [0.25, 0.3) is 0 Å². The van der Waals surface area contributed by atoms with Crippen LogP contribution in [-0.4, -0.2) is 44.7 Å². The Labute approximate surface area is 154 Å². The average molecular weight is 354 g/mol. The number of ether oxygens (including phenoxy) is 2. The number of nitrogens with one attached hydrogen (secondary N) is 1. The van der Waals surface area contributed by atoms with Gasteiger partial charge >= 0.3 is 0 Å². The molecule has 138 valence electrons. The van der Waals surface area contributed by atoms with Crippen LogP contribution in [0.15, 0.2) is 42.5 Å². The highest BCUT2D eigenvalue weighted by Gasteiger charge is 2.16. The van der Waals surface area contributed by atoms with Gasteiger partial charge in [-0.3, -0.25) is 4.79 Å². The molecule has 1 unspecified atom stereocenters. The van der Waals surface area contributed by atoms with Crippen LogP contribution >= 0.6 is 0 Å². The summed E-state index contributed by atoms with van der Waals surface area (Å²) < 4.78 is 11.1. The molecule has 2 aromatic carbocycles. The van der Waals surface area contributed by atoms with E-state index in [2.05, 4.69) is 41.4 Å². The molecule has 26 heavy (non-hydrogen) atoms. The molecule has 5 heteroatoms. The number of carbonyl (C=O) groups excluding carboxylic acids is 1. The normalized spacial score (nSPS) is 14.2. The summed E-state index contributed by atoms with van der Waals surface area (Å²) in [5, 5.41) is 3.05. The van der Waals surface area contributed by atoms with E-state index in [1.165, 1.54) is 11.1 Å². The molecule has 1 heterocycles. The fourth-order valence-electron chi connectivity index (χ4n) is 3.04. The van der Waals surface area contributed by atoms with Gasteiger partial charge in [0.15, 0.2) is 11.5 Å². The lowest BCUT2D eigenvalue weighted by Gasteiger charge is -2.25. The summed E-state index contributed by atoms with van der Waals surface area (Å²) in [5.74, 6) is 1.46. The van der Waals surface area contributed by atoms with Crippen LogP contribution < -0.4 is 14.8 Å². The van der Waals surface area contributed by atoms with Crippen molar-refractivity contribution in [2.24, 2.45) is 0 Å². The molecular formula is C21H26N2O3. The third kappa shape index (κ3) is 4.55. The molecule has 0 aromatic heterocycles. The number of hydrogen-bond acceptors (Lipinski definition) is 4. The Morgan fingerprint density at radius 1 is 1.08 bits per heavy atom. The summed E-state index contributed by atoms with van der Waals surface area (Å²) in [6.45, 7) is 3.75. The minimum atomic E-state index is 0.000592. The van der Waals surface area contributed by atoms with Crippen LogP contribution in [0.25, 0.3) is 0 Å². The SMILES string of the molecule is Cc1ccc(C(CNC(=O)Cc2ccc3c(c2)OCCO3)N(C)C)cc1. The fraction of sp³-hybridized carbons (Fsp3) is 0.381. The van der Waals surface area contributed by atoms with E-state index in [1.54, 1.807) is 0 Å². The first-order valence-corrected chi connectivity index (χ1v) is 8.91. The topological polar surface area (TPSA) is 50.8 Å². The average Bonchev–Trinajstić information content (AvgIpc) is 2.63. The van der Waals surface area contributed by atoms with E-state index >= 15 is 0 Å². The molecule has 1 N–H and O–H groups in total. The molecule has 0 saturated heterocycles. The van der Waals surface area contributed by atoms with Gasteiger partial charge < -0.3 is 19.7 Å². The maximum atomic E-state index is 12.4. The lowest BCUT2D eigenvalue weighted by atomic mass is 10.0. The Morgan fingerprint density at radius 2 is 1.77 bits per heavy atom. The Kier molecular flexibility index (Phi) is 5.78. The molecule has 1 amide bonds. The fourth-order valence-corrected chi connectivity index (χ4v) is 3.04. The lowest BCUT2D eigenvalue weighted by molar-refractivity contribution is -0.120. The first-order valence-electron chi connectivity index (χ1n) is 8.91. The van der Waals surface area contributed by atoms with Crippen molar-refractivity contribution in [1.82, 2.24) is 10.2 Å². The Morgan fingerprint density at radius 3 is 2.46 bits per heavy atom. The zero-order valence-corrected chi connectivity index (χ0v) is 15.6. The third-order valence-corrected chi connectivity index (χ3v) is 4.55. The van der Waals surface area contributed by atoms with Crippen LogP contribution in [-0.2, 0) is 11.2 Å². The molecule has 1 atom stereocenters. The number of aryl methyl sites for hydroxylation is 1. The monoisotopic (exact) mass is 354 g/mol. The molecule has 0 fully saturated rings. The van der Waals surface area contributed by atoms with Gasteiger partial charge in [-0.25, -0.2) is 0 Å². The summed E-state index contributed by atoms with van der Waals surface area (Å²) in [4.78, 5) is 14.5. The van der Waals surface area contributed by atoms with Crippen molar-refractivity contribution in [2.45, 2.75) is 19.4 Å². The van der Waals surface area contributed by atoms with Crippen LogP contribution in [0, 0.1) is 6.92 Å².